The van der Waals surface area contributed by atoms with Gasteiger partial charge < -0.3 is 5.11 Å². The van der Waals surface area contributed by atoms with E-state index in [1.54, 1.807) is 0 Å². The van der Waals surface area contributed by atoms with E-state index in [-0.39, 0.29) is 0 Å². The maximum atomic E-state index is 12.1. The van der Waals surface area contributed by atoms with Crippen molar-refractivity contribution in [1.82, 2.24) is 0 Å². The fourth-order valence-electron chi connectivity index (χ4n) is 4.51. The van der Waals surface area contributed by atoms with E-state index < -0.39 is 26.1 Å². The average molecular weight is 313 g/mol. The quantitative estimate of drug-likeness (QED) is 0.869. The van der Waals surface area contributed by atoms with Crippen LogP contribution in [0.3, 0.4) is 0 Å². The smallest absolute Gasteiger partial charge is 0.153 e. The van der Waals surface area contributed by atoms with Gasteiger partial charge in [-0.3, -0.25) is 0 Å². The van der Waals surface area contributed by atoms with E-state index in [4.69, 9.17) is 0 Å². The molecule has 1 N–H and O–H groups in total. The summed E-state index contributed by atoms with van der Waals surface area (Å²) in [6.07, 6.45) is 5.85. The minimum Gasteiger partial charge on any atom is -0.387 e. The molecule has 2 aliphatic rings. The van der Waals surface area contributed by atoms with E-state index in [9.17, 15) is 18.8 Å². The zero-order valence-corrected chi connectivity index (χ0v) is 14.1. The third kappa shape index (κ3) is 2.73. The maximum Gasteiger partial charge on any atom is 0.153 e. The second-order valence-corrected chi connectivity index (χ2v) is 9.64. The van der Waals surface area contributed by atoms with Crippen LogP contribution in [0.15, 0.2) is 0 Å². The summed E-state index contributed by atoms with van der Waals surface area (Å²) in [5.74, 6) is 1.15. The molecule has 0 aliphatic heterocycles. The first kappa shape index (κ1) is 16.8. The fraction of sp³-hybridized carbons (Fsp3) is 0.938. The molecule has 4 nitrogen and oxygen atoms in total. The summed E-state index contributed by atoms with van der Waals surface area (Å²) in [6.45, 7) is 4.38. The van der Waals surface area contributed by atoms with E-state index in [0.717, 1.165) is 12.8 Å². The van der Waals surface area contributed by atoms with E-state index in [1.165, 1.54) is 6.26 Å². The molecule has 0 saturated heterocycles. The van der Waals surface area contributed by atoms with Gasteiger partial charge in [0.05, 0.1) is 22.3 Å². The van der Waals surface area contributed by atoms with Gasteiger partial charge in [0.1, 0.15) is 0 Å². The molecule has 2 unspecified atom stereocenters. The third-order valence-electron chi connectivity index (χ3n) is 5.94. The van der Waals surface area contributed by atoms with Crippen LogP contribution in [0.1, 0.15) is 58.8 Å². The number of rotatable bonds is 3. The van der Waals surface area contributed by atoms with Gasteiger partial charge in [0.25, 0.3) is 0 Å². The summed E-state index contributed by atoms with van der Waals surface area (Å²) < 4.78 is 24.1. The fourth-order valence-corrected chi connectivity index (χ4v) is 6.16. The average Bonchev–Trinajstić information content (AvgIpc) is 2.82. The molecule has 2 saturated carbocycles. The minimum atomic E-state index is -3.34. The Kier molecular flexibility index (Phi) is 4.43. The van der Waals surface area contributed by atoms with Crippen LogP contribution < -0.4 is 0 Å². The second-order valence-electron chi connectivity index (χ2n) is 7.41. The zero-order valence-electron chi connectivity index (χ0n) is 13.3. The zero-order chi connectivity index (χ0) is 15.9. The van der Waals surface area contributed by atoms with Crippen LogP contribution in [0.2, 0.25) is 0 Å². The molecular weight excluding hydrogens is 286 g/mol. The SMILES string of the molecule is CC(C)C1CCC(C#N)(C2(O)CCCC2S(C)(=O)=O)CC1. The van der Waals surface area contributed by atoms with Crippen molar-refractivity contribution in [3.63, 3.8) is 0 Å². The van der Waals surface area contributed by atoms with Gasteiger partial charge in [-0.25, -0.2) is 8.42 Å². The van der Waals surface area contributed by atoms with Gasteiger partial charge in [0.15, 0.2) is 9.84 Å². The molecule has 2 fully saturated rings. The Balaban J connectivity index is 2.31. The summed E-state index contributed by atoms with van der Waals surface area (Å²) in [7, 11) is -3.34. The highest BCUT2D eigenvalue weighted by molar-refractivity contribution is 7.91. The van der Waals surface area contributed by atoms with E-state index in [1.807, 2.05) is 0 Å². The van der Waals surface area contributed by atoms with Crippen molar-refractivity contribution in [2.75, 3.05) is 6.26 Å². The normalized spacial score (nSPS) is 41.1. The van der Waals surface area contributed by atoms with Gasteiger partial charge in [0, 0.05) is 6.26 Å². The second kappa shape index (κ2) is 5.55. The molecule has 0 bridgehead atoms. The van der Waals surface area contributed by atoms with Gasteiger partial charge in [0.2, 0.25) is 0 Å². The monoisotopic (exact) mass is 313 g/mol. The largest absolute Gasteiger partial charge is 0.387 e. The number of aliphatic hydroxyl groups is 1. The van der Waals surface area contributed by atoms with Crippen molar-refractivity contribution >= 4 is 9.84 Å². The maximum absolute atomic E-state index is 12.1. The summed E-state index contributed by atoms with van der Waals surface area (Å²) >= 11 is 0. The molecular formula is C16H27NO3S. The molecule has 120 valence electrons. The first-order valence-electron chi connectivity index (χ1n) is 7.99. The first-order valence-corrected chi connectivity index (χ1v) is 9.94. The molecule has 5 heteroatoms. The molecule has 0 amide bonds. The highest BCUT2D eigenvalue weighted by Crippen LogP contribution is 2.54. The lowest BCUT2D eigenvalue weighted by Gasteiger charge is -2.47. The van der Waals surface area contributed by atoms with Crippen LogP contribution in [-0.4, -0.2) is 30.6 Å². The molecule has 2 aliphatic carbocycles. The predicted molar refractivity (Wildman–Crippen MR) is 82.3 cm³/mol. The summed E-state index contributed by atoms with van der Waals surface area (Å²) in [5.41, 5.74) is -2.25. The number of hydrogen-bond donors (Lipinski definition) is 1. The molecule has 0 heterocycles. The van der Waals surface area contributed by atoms with Crippen molar-refractivity contribution in [2.45, 2.75) is 69.6 Å². The first-order chi connectivity index (χ1) is 9.66. The van der Waals surface area contributed by atoms with Crippen molar-refractivity contribution in [1.29, 1.82) is 5.26 Å². The Bertz CT molecular complexity index is 526. The minimum absolute atomic E-state index is 0.435. The van der Waals surface area contributed by atoms with Crippen LogP contribution in [0.5, 0.6) is 0 Å². The number of hydrogen-bond acceptors (Lipinski definition) is 4. The Morgan fingerprint density at radius 1 is 1.19 bits per heavy atom. The topological polar surface area (TPSA) is 78.2 Å². The van der Waals surface area contributed by atoms with Crippen molar-refractivity contribution < 1.29 is 13.5 Å². The van der Waals surface area contributed by atoms with Crippen LogP contribution >= 0.6 is 0 Å². The van der Waals surface area contributed by atoms with E-state index >= 15 is 0 Å². The molecule has 0 aromatic rings. The molecule has 0 aromatic heterocycles. The summed E-state index contributed by atoms with van der Waals surface area (Å²) in [4.78, 5) is 0. The van der Waals surface area contributed by atoms with Crippen LogP contribution in [-0.2, 0) is 9.84 Å². The number of nitrogens with zero attached hydrogens (tertiary/aromatic N) is 1. The lowest BCUT2D eigenvalue weighted by molar-refractivity contribution is -0.0723. The molecule has 21 heavy (non-hydrogen) atoms. The van der Waals surface area contributed by atoms with E-state index in [2.05, 4.69) is 19.9 Å². The lowest BCUT2D eigenvalue weighted by atomic mass is 9.60. The van der Waals surface area contributed by atoms with Gasteiger partial charge >= 0.3 is 0 Å². The number of sulfone groups is 1. The van der Waals surface area contributed by atoms with Crippen molar-refractivity contribution in [2.24, 2.45) is 17.3 Å². The van der Waals surface area contributed by atoms with Crippen molar-refractivity contribution in [3.8, 4) is 6.07 Å². The Hall–Kier alpha value is -0.600. The Labute approximate surface area is 128 Å². The Morgan fingerprint density at radius 2 is 1.76 bits per heavy atom. The molecule has 2 atom stereocenters. The van der Waals surface area contributed by atoms with Crippen LogP contribution in [0.25, 0.3) is 0 Å². The number of nitriles is 1. The lowest BCUT2D eigenvalue weighted by Crippen LogP contribution is -2.56. The standard InChI is InChI=1S/C16H27NO3S/c1-12(2)13-6-9-15(11-17,10-7-13)16(18)8-4-5-14(16)21(3,19)20/h12-14,18H,4-10H2,1-3H3. The highest BCUT2D eigenvalue weighted by atomic mass is 32.2. The third-order valence-corrected chi connectivity index (χ3v) is 7.60. The molecule has 0 radical (unpaired) electrons. The molecule has 2 rings (SSSR count). The Morgan fingerprint density at radius 3 is 2.19 bits per heavy atom. The van der Waals surface area contributed by atoms with Gasteiger partial charge in [-0.15, -0.1) is 0 Å². The predicted octanol–water partition coefficient (Wildman–Crippen LogP) is 2.67. The molecule has 0 aromatic carbocycles. The highest BCUT2D eigenvalue weighted by Gasteiger charge is 2.60. The van der Waals surface area contributed by atoms with Gasteiger partial charge in [-0.2, -0.15) is 5.26 Å². The van der Waals surface area contributed by atoms with E-state index in [0.29, 0.717) is 43.9 Å². The molecule has 0 spiro atoms. The van der Waals surface area contributed by atoms with Crippen LogP contribution in [0.4, 0.5) is 0 Å². The van der Waals surface area contributed by atoms with Crippen molar-refractivity contribution in [3.05, 3.63) is 0 Å². The summed E-state index contributed by atoms with van der Waals surface area (Å²) in [6, 6.07) is 2.35. The van der Waals surface area contributed by atoms with Gasteiger partial charge in [-0.1, -0.05) is 13.8 Å². The summed E-state index contributed by atoms with van der Waals surface area (Å²) in [5, 5.41) is 20.2. The van der Waals surface area contributed by atoms with Crippen LogP contribution in [0, 0.1) is 28.6 Å². The van der Waals surface area contributed by atoms with Gasteiger partial charge in [-0.05, 0) is 56.8 Å².